The predicted octanol–water partition coefficient (Wildman–Crippen LogP) is -1.23. The largest absolute Gasteiger partial charge is 0.467 e. The molecule has 0 aromatic rings. The molecule has 2 rings (SSSR count). The summed E-state index contributed by atoms with van der Waals surface area (Å²) < 4.78 is 31.8. The molecule has 0 bridgehead atoms. The van der Waals surface area contributed by atoms with Crippen LogP contribution in [0.15, 0.2) is 0 Å². The second kappa shape index (κ2) is 22.2. The number of hydrogen-bond donors (Lipinski definition) is 8. The number of unbranched alkanes of at least 4 members (excludes halogenated alkanes) is 9. The van der Waals surface area contributed by atoms with Crippen LogP contribution in [0.25, 0.3) is 0 Å². The van der Waals surface area contributed by atoms with Gasteiger partial charge in [-0.05, 0) is 12.8 Å². The highest BCUT2D eigenvalue weighted by Gasteiger charge is 2.51. The lowest BCUT2D eigenvalue weighted by atomic mass is 9.97. The van der Waals surface area contributed by atoms with E-state index in [1.54, 1.807) is 0 Å². The summed E-state index contributed by atoms with van der Waals surface area (Å²) in [5.41, 5.74) is 0. The van der Waals surface area contributed by atoms with Crippen LogP contribution >= 0.6 is 0 Å². The van der Waals surface area contributed by atoms with Gasteiger partial charge >= 0.3 is 11.9 Å². The topological polar surface area (TPSA) is 251 Å². The number of carbonyl (C=O) groups excluding carboxylic acids is 2. The third kappa shape index (κ3) is 14.1. The maximum Gasteiger partial charge on any atom is 0.334 e. The SMILES string of the molecule is COC(=O)[C@@H](O)CCCCCCCCCCCC[C@@H](O)CO[C@@H]1O[C@H](COC(C)=O)[C@@H](O[C@@H]2O[C@H](CO)[C@@H](O)[C@H](O)[C@H]2O)[C@H](O)[C@H]1O. The fourth-order valence-electron chi connectivity index (χ4n) is 5.55. The molecule has 0 amide bonds. The standard InChI is InChI=1S/C31H56O16/c1-18(33)43-17-22-28(47-31-26(39)24(37)23(36)21(15-32)45-31)25(38)27(40)30(46-22)44-16-19(34)13-11-9-7-5-3-4-6-8-10-12-14-20(35)29(41)42-2/h19-28,30-32,34-40H,3-17H2,1-2H3/t19-,20+,21-,22-,23-,24+,25-,26-,27-,28-,30-,31+/m1/s1. The molecule has 0 aromatic heterocycles. The minimum absolute atomic E-state index is 0.205. The quantitative estimate of drug-likeness (QED) is 0.0491. The Morgan fingerprint density at radius 1 is 0.702 bits per heavy atom. The van der Waals surface area contributed by atoms with Gasteiger partial charge in [-0.25, -0.2) is 4.79 Å². The molecule has 0 saturated carbocycles. The summed E-state index contributed by atoms with van der Waals surface area (Å²) in [5.74, 6) is -1.26. The molecule has 0 unspecified atom stereocenters. The van der Waals surface area contributed by atoms with Crippen LogP contribution in [0, 0.1) is 0 Å². The zero-order chi connectivity index (χ0) is 34.9. The van der Waals surface area contributed by atoms with Crippen molar-refractivity contribution in [3.8, 4) is 0 Å². The van der Waals surface area contributed by atoms with E-state index in [1.165, 1.54) is 7.11 Å². The van der Waals surface area contributed by atoms with Crippen LogP contribution in [-0.2, 0) is 38.0 Å². The molecule has 2 fully saturated rings. The van der Waals surface area contributed by atoms with Gasteiger partial charge in [0, 0.05) is 6.92 Å². The average Bonchev–Trinajstić information content (AvgIpc) is 3.05. The van der Waals surface area contributed by atoms with Gasteiger partial charge < -0.3 is 69.3 Å². The van der Waals surface area contributed by atoms with Gasteiger partial charge in [0.1, 0.15) is 55.4 Å². The van der Waals surface area contributed by atoms with E-state index in [9.17, 15) is 50.4 Å². The lowest BCUT2D eigenvalue weighted by Gasteiger charge is -2.46. The molecular formula is C31H56O16. The minimum atomic E-state index is -1.78. The molecule has 16 nitrogen and oxygen atoms in total. The van der Waals surface area contributed by atoms with Crippen LogP contribution in [0.3, 0.4) is 0 Å². The molecule has 0 aromatic carbocycles. The first-order valence-corrected chi connectivity index (χ1v) is 16.6. The van der Waals surface area contributed by atoms with Crippen molar-refractivity contribution in [1.82, 2.24) is 0 Å². The summed E-state index contributed by atoms with van der Waals surface area (Å²) in [6.45, 7) is -0.199. The van der Waals surface area contributed by atoms with Gasteiger partial charge in [0.2, 0.25) is 0 Å². The van der Waals surface area contributed by atoms with E-state index in [-0.39, 0.29) is 6.61 Å². The summed E-state index contributed by atoms with van der Waals surface area (Å²) in [7, 11) is 1.26. The lowest BCUT2D eigenvalue weighted by molar-refractivity contribution is -0.360. The molecule has 2 heterocycles. The highest BCUT2D eigenvalue weighted by molar-refractivity contribution is 5.74. The first kappa shape index (κ1) is 41.6. The number of rotatable bonds is 22. The van der Waals surface area contributed by atoms with E-state index in [1.807, 2.05) is 0 Å². The predicted molar refractivity (Wildman–Crippen MR) is 161 cm³/mol. The number of esters is 2. The Bertz CT molecular complexity index is 876. The van der Waals surface area contributed by atoms with E-state index in [4.69, 9.17) is 23.7 Å². The number of methoxy groups -OCH3 is 1. The fourth-order valence-corrected chi connectivity index (χ4v) is 5.55. The molecule has 47 heavy (non-hydrogen) atoms. The van der Waals surface area contributed by atoms with Gasteiger partial charge in [0.05, 0.1) is 26.4 Å². The van der Waals surface area contributed by atoms with Crippen molar-refractivity contribution in [1.29, 1.82) is 0 Å². The van der Waals surface area contributed by atoms with E-state index < -0.39 is 98.8 Å². The molecule has 2 aliphatic heterocycles. The zero-order valence-corrected chi connectivity index (χ0v) is 27.4. The number of ether oxygens (including phenoxy) is 6. The van der Waals surface area contributed by atoms with E-state index >= 15 is 0 Å². The molecule has 2 saturated heterocycles. The molecule has 2 aliphatic rings. The van der Waals surface area contributed by atoms with Gasteiger partial charge in [0.25, 0.3) is 0 Å². The smallest absolute Gasteiger partial charge is 0.334 e. The Kier molecular flexibility index (Phi) is 19.7. The van der Waals surface area contributed by atoms with Crippen LogP contribution in [0.5, 0.6) is 0 Å². The fraction of sp³-hybridized carbons (Fsp3) is 0.935. The first-order chi connectivity index (χ1) is 22.4. The Balaban J connectivity index is 1.69. The first-order valence-electron chi connectivity index (χ1n) is 16.6. The third-order valence-electron chi connectivity index (χ3n) is 8.42. The van der Waals surface area contributed by atoms with Gasteiger partial charge in [-0.3, -0.25) is 4.79 Å². The van der Waals surface area contributed by atoms with Crippen molar-refractivity contribution in [3.05, 3.63) is 0 Å². The summed E-state index contributed by atoms with van der Waals surface area (Å²) in [6.07, 6.45) is -6.77. The second-order valence-corrected chi connectivity index (χ2v) is 12.3. The Labute approximate surface area is 275 Å². The van der Waals surface area contributed by atoms with E-state index in [2.05, 4.69) is 4.74 Å². The summed E-state index contributed by atoms with van der Waals surface area (Å²) in [5, 5.41) is 81.4. The third-order valence-corrected chi connectivity index (χ3v) is 8.42. The summed E-state index contributed by atoms with van der Waals surface area (Å²) >= 11 is 0. The highest BCUT2D eigenvalue weighted by Crippen LogP contribution is 2.30. The van der Waals surface area contributed by atoms with Gasteiger partial charge in [-0.2, -0.15) is 0 Å². The van der Waals surface area contributed by atoms with Crippen molar-refractivity contribution >= 4 is 11.9 Å². The van der Waals surface area contributed by atoms with Crippen molar-refractivity contribution in [3.63, 3.8) is 0 Å². The second-order valence-electron chi connectivity index (χ2n) is 12.3. The number of hydrogen-bond acceptors (Lipinski definition) is 16. The van der Waals surface area contributed by atoms with Gasteiger partial charge in [-0.1, -0.05) is 64.2 Å². The molecular weight excluding hydrogens is 628 g/mol. The van der Waals surface area contributed by atoms with Crippen LogP contribution < -0.4 is 0 Å². The number of carbonyl (C=O) groups is 2. The maximum atomic E-state index is 11.5. The van der Waals surface area contributed by atoms with Crippen molar-refractivity contribution in [2.45, 2.75) is 158 Å². The minimum Gasteiger partial charge on any atom is -0.467 e. The van der Waals surface area contributed by atoms with Crippen molar-refractivity contribution in [2.24, 2.45) is 0 Å². The van der Waals surface area contributed by atoms with Crippen LogP contribution in [0.1, 0.15) is 84.0 Å². The van der Waals surface area contributed by atoms with Crippen molar-refractivity contribution in [2.75, 3.05) is 26.9 Å². The van der Waals surface area contributed by atoms with Gasteiger partial charge in [-0.15, -0.1) is 0 Å². The van der Waals surface area contributed by atoms with Gasteiger partial charge in [0.15, 0.2) is 18.7 Å². The normalized spacial score (nSPS) is 32.5. The van der Waals surface area contributed by atoms with Crippen LogP contribution in [0.2, 0.25) is 0 Å². The molecule has 16 heteroatoms. The molecule has 0 radical (unpaired) electrons. The number of aliphatic hydroxyl groups excluding tert-OH is 8. The molecule has 0 aliphatic carbocycles. The Morgan fingerprint density at radius 3 is 1.79 bits per heavy atom. The number of aliphatic hydroxyl groups is 8. The molecule has 12 atom stereocenters. The molecule has 8 N–H and O–H groups in total. The summed E-state index contributed by atoms with van der Waals surface area (Å²) in [4.78, 5) is 22.6. The lowest BCUT2D eigenvalue weighted by Crippen LogP contribution is -2.65. The van der Waals surface area contributed by atoms with Crippen LogP contribution in [0.4, 0.5) is 0 Å². The maximum absolute atomic E-state index is 11.5. The summed E-state index contributed by atoms with van der Waals surface area (Å²) in [6, 6.07) is 0. The zero-order valence-electron chi connectivity index (χ0n) is 27.4. The molecule has 276 valence electrons. The monoisotopic (exact) mass is 684 g/mol. The highest BCUT2D eigenvalue weighted by atomic mass is 16.7. The van der Waals surface area contributed by atoms with E-state index in [0.717, 1.165) is 71.1 Å². The van der Waals surface area contributed by atoms with Crippen LogP contribution in [-0.4, -0.2) is 153 Å². The Morgan fingerprint density at radius 2 is 1.23 bits per heavy atom. The van der Waals surface area contributed by atoms with Crippen molar-refractivity contribution < 1.29 is 78.9 Å². The Hall–Kier alpha value is -1.54. The van der Waals surface area contributed by atoms with E-state index in [0.29, 0.717) is 12.8 Å². The average molecular weight is 685 g/mol. The molecule has 0 spiro atoms.